The molecule has 0 saturated heterocycles. The van der Waals surface area contributed by atoms with Crippen molar-refractivity contribution in [2.24, 2.45) is 0 Å². The van der Waals surface area contributed by atoms with Gasteiger partial charge in [0.15, 0.2) is 5.69 Å². The highest BCUT2D eigenvalue weighted by molar-refractivity contribution is 7.86. The molecule has 0 bridgehead atoms. The van der Waals surface area contributed by atoms with Crippen LogP contribution in [-0.2, 0) is 20.2 Å². The summed E-state index contributed by atoms with van der Waals surface area (Å²) in [7, 11) is -9.63. The molecule has 13 heteroatoms. The van der Waals surface area contributed by atoms with Gasteiger partial charge in [0, 0.05) is 0 Å². The van der Waals surface area contributed by atoms with Crippen molar-refractivity contribution < 1.29 is 40.9 Å². The number of hydrogen-bond acceptors (Lipinski definition) is 7. The van der Waals surface area contributed by atoms with Gasteiger partial charge in [-0.2, -0.15) is 26.6 Å². The lowest BCUT2D eigenvalue weighted by atomic mass is 10.3. The quantitative estimate of drug-likeness (QED) is 0.519. The zero-order chi connectivity index (χ0) is 17.6. The minimum absolute atomic E-state index is 0.335. The molecular weight excluding hydrogens is 356 g/mol. The average molecular weight is 363 g/mol. The van der Waals surface area contributed by atoms with Gasteiger partial charge in [-0.05, 0) is 18.2 Å². The van der Waals surface area contributed by atoms with E-state index in [0.717, 1.165) is 0 Å². The van der Waals surface area contributed by atoms with E-state index in [-0.39, 0.29) is 0 Å². The van der Waals surface area contributed by atoms with Gasteiger partial charge >= 0.3 is 5.97 Å². The van der Waals surface area contributed by atoms with Crippen LogP contribution in [0.5, 0.6) is 5.88 Å². The maximum atomic E-state index is 11.3. The second-order valence-corrected chi connectivity index (χ2v) is 6.91. The molecule has 2 aromatic rings. The number of nitrogens with zero attached hydrogens (tertiary/aromatic N) is 2. The molecule has 1 radical (unpaired) electrons. The molecule has 1 aromatic heterocycles. The number of aromatic hydroxyl groups is 1. The van der Waals surface area contributed by atoms with E-state index >= 15 is 0 Å². The van der Waals surface area contributed by atoms with Crippen molar-refractivity contribution in [2.45, 2.75) is 9.79 Å². The highest BCUT2D eigenvalue weighted by Gasteiger charge is 2.24. The lowest BCUT2D eigenvalue weighted by Gasteiger charge is -2.09. The Hall–Kier alpha value is -2.48. The summed E-state index contributed by atoms with van der Waals surface area (Å²) in [5.41, 5.74) is -1.50. The smallest absolute Gasteiger partial charge is 0.357 e. The zero-order valence-electron chi connectivity index (χ0n) is 10.8. The van der Waals surface area contributed by atoms with Crippen molar-refractivity contribution in [1.29, 1.82) is 0 Å². The van der Waals surface area contributed by atoms with Crippen LogP contribution in [0.3, 0.4) is 0 Å². The third-order valence-corrected chi connectivity index (χ3v) is 4.32. The fourth-order valence-electron chi connectivity index (χ4n) is 1.64. The van der Waals surface area contributed by atoms with Gasteiger partial charge in [0.1, 0.15) is 4.90 Å². The van der Waals surface area contributed by atoms with Crippen LogP contribution in [0.25, 0.3) is 5.69 Å². The summed E-state index contributed by atoms with van der Waals surface area (Å²) in [6.45, 7) is 0. The van der Waals surface area contributed by atoms with Crippen LogP contribution in [0.1, 0.15) is 10.5 Å². The maximum absolute atomic E-state index is 11.3. The summed E-state index contributed by atoms with van der Waals surface area (Å²) in [6.07, 6.45) is 0. The van der Waals surface area contributed by atoms with Crippen LogP contribution in [0.15, 0.2) is 28.0 Å². The van der Waals surface area contributed by atoms with Crippen molar-refractivity contribution in [3.8, 4) is 11.6 Å². The number of carbonyl (C=O) groups is 1. The van der Waals surface area contributed by atoms with Crippen molar-refractivity contribution in [2.75, 3.05) is 0 Å². The predicted octanol–water partition coefficient (Wildman–Crippen LogP) is -0.430. The van der Waals surface area contributed by atoms with Crippen LogP contribution in [0.4, 0.5) is 0 Å². The van der Waals surface area contributed by atoms with Crippen molar-refractivity contribution in [3.63, 3.8) is 0 Å². The van der Waals surface area contributed by atoms with Gasteiger partial charge in [-0.15, -0.1) is 0 Å². The second kappa shape index (κ2) is 5.31. The first kappa shape index (κ1) is 16.9. The van der Waals surface area contributed by atoms with Crippen molar-refractivity contribution in [3.05, 3.63) is 30.0 Å². The molecule has 4 N–H and O–H groups in total. The summed E-state index contributed by atoms with van der Waals surface area (Å²) in [4.78, 5) is 9.13. The van der Waals surface area contributed by atoms with Crippen LogP contribution in [-0.4, -0.2) is 51.9 Å². The Balaban J connectivity index is 2.85. The van der Waals surface area contributed by atoms with Crippen LogP contribution in [0.2, 0.25) is 0 Å². The summed E-state index contributed by atoms with van der Waals surface area (Å²) in [5, 5.41) is 21.7. The van der Waals surface area contributed by atoms with Gasteiger partial charge in [0.25, 0.3) is 20.2 Å². The molecule has 11 nitrogen and oxygen atoms in total. The Morgan fingerprint density at radius 3 is 2.17 bits per heavy atom. The summed E-state index contributed by atoms with van der Waals surface area (Å²) in [5.74, 6) is -2.56. The molecule has 0 aliphatic heterocycles. The van der Waals surface area contributed by atoms with Crippen molar-refractivity contribution >= 4 is 26.2 Å². The van der Waals surface area contributed by atoms with Gasteiger partial charge in [0.2, 0.25) is 5.88 Å². The van der Waals surface area contributed by atoms with E-state index in [1.54, 1.807) is 0 Å². The molecule has 123 valence electrons. The molecule has 0 unspecified atom stereocenters. The minimum atomic E-state index is -4.88. The average Bonchev–Trinajstić information content (AvgIpc) is 2.78. The number of aromatic nitrogens is 2. The van der Waals surface area contributed by atoms with Gasteiger partial charge < -0.3 is 10.2 Å². The molecule has 0 fully saturated rings. The fraction of sp³-hybridized carbons (Fsp3) is 0. The SMILES string of the molecule is O=C(O)c1[c]c(O)n(-c2cc(S(=O)(=O)O)ccc2S(=O)(=O)O)n1. The Bertz CT molecular complexity index is 1000. The summed E-state index contributed by atoms with van der Waals surface area (Å²) in [6, 6.07) is 3.79. The number of benzene rings is 1. The largest absolute Gasteiger partial charge is 0.493 e. The topological polar surface area (TPSA) is 184 Å². The molecule has 0 spiro atoms. The molecule has 1 heterocycles. The van der Waals surface area contributed by atoms with Crippen LogP contribution >= 0.6 is 0 Å². The second-order valence-electron chi connectivity index (χ2n) is 4.09. The molecule has 1 aromatic carbocycles. The Morgan fingerprint density at radius 1 is 1.13 bits per heavy atom. The van der Waals surface area contributed by atoms with Gasteiger partial charge in [-0.1, -0.05) is 0 Å². The normalized spacial score (nSPS) is 12.3. The van der Waals surface area contributed by atoms with Crippen LogP contribution < -0.4 is 0 Å². The molecular formula is C10H7N2O9S2. The monoisotopic (exact) mass is 363 g/mol. The minimum Gasteiger partial charge on any atom is -0.493 e. The number of carboxylic acids is 1. The standard InChI is InChI=1S/C10H7N2O9S2/c13-9-4-6(10(14)15)11-12(9)7-3-5(22(16,17)18)1-2-8(7)23(19,20)21/h1-3,13H,(H,14,15)(H,16,17,18)(H,19,20,21). The maximum Gasteiger partial charge on any atom is 0.357 e. The lowest BCUT2D eigenvalue weighted by Crippen LogP contribution is -2.10. The van der Waals surface area contributed by atoms with E-state index in [4.69, 9.17) is 14.2 Å². The Kier molecular flexibility index (Phi) is 3.90. The van der Waals surface area contributed by atoms with E-state index in [0.29, 0.717) is 22.9 Å². The number of carboxylic acid groups (broad SMARTS) is 1. The first-order valence-corrected chi connectivity index (χ1v) is 8.33. The molecule has 0 aliphatic carbocycles. The lowest BCUT2D eigenvalue weighted by molar-refractivity contribution is 0.0689. The molecule has 2 rings (SSSR count). The molecule has 0 amide bonds. The van der Waals surface area contributed by atoms with Gasteiger partial charge in [-0.3, -0.25) is 9.11 Å². The van der Waals surface area contributed by atoms with E-state index < -0.39 is 53.3 Å². The van der Waals surface area contributed by atoms with Gasteiger partial charge in [0.05, 0.1) is 16.6 Å². The van der Waals surface area contributed by atoms with Crippen molar-refractivity contribution in [1.82, 2.24) is 9.78 Å². The highest BCUT2D eigenvalue weighted by atomic mass is 32.2. The van der Waals surface area contributed by atoms with E-state index in [1.165, 1.54) is 0 Å². The fourth-order valence-corrected chi connectivity index (χ4v) is 2.79. The Labute approximate surface area is 128 Å². The first-order chi connectivity index (χ1) is 10.4. The summed E-state index contributed by atoms with van der Waals surface area (Å²) >= 11 is 0. The van der Waals surface area contributed by atoms with Crippen LogP contribution in [0, 0.1) is 6.07 Å². The third-order valence-electron chi connectivity index (χ3n) is 2.57. The number of hydrogen-bond donors (Lipinski definition) is 4. The third kappa shape index (κ3) is 3.31. The molecule has 0 aliphatic rings. The summed E-state index contributed by atoms with van der Waals surface area (Å²) < 4.78 is 63.4. The molecule has 23 heavy (non-hydrogen) atoms. The van der Waals surface area contributed by atoms with E-state index in [2.05, 4.69) is 5.10 Å². The van der Waals surface area contributed by atoms with E-state index in [9.17, 15) is 26.7 Å². The highest BCUT2D eigenvalue weighted by Crippen LogP contribution is 2.27. The number of aromatic carboxylic acids is 1. The zero-order valence-corrected chi connectivity index (χ0v) is 12.4. The Morgan fingerprint density at radius 2 is 1.74 bits per heavy atom. The van der Waals surface area contributed by atoms with Gasteiger partial charge in [-0.25, -0.2) is 4.79 Å². The predicted molar refractivity (Wildman–Crippen MR) is 70.7 cm³/mol. The van der Waals surface area contributed by atoms with E-state index in [1.807, 2.05) is 6.07 Å². The molecule has 0 saturated carbocycles. The molecule has 0 atom stereocenters. The first-order valence-electron chi connectivity index (χ1n) is 5.45. The number of rotatable bonds is 4.